The summed E-state index contributed by atoms with van der Waals surface area (Å²) in [6, 6.07) is 0. The molecule has 0 aromatic rings. The van der Waals surface area contributed by atoms with Gasteiger partial charge >= 0.3 is 9.05 Å². The topological polar surface area (TPSA) is 36.9 Å². The first-order valence-electron chi connectivity index (χ1n) is 11.0. The first-order valence-corrected chi connectivity index (χ1v) is 12.6. The van der Waals surface area contributed by atoms with E-state index in [4.69, 9.17) is 17.7 Å². The first-order chi connectivity index (χ1) is 13.8. The van der Waals surface area contributed by atoms with Crippen molar-refractivity contribution < 1.29 is 17.7 Å². The van der Waals surface area contributed by atoms with Gasteiger partial charge in [-0.2, -0.15) is 0 Å². The molecule has 0 rings (SSSR count). The molecule has 0 saturated heterocycles. The molecule has 0 spiro atoms. The molecule has 0 aliphatic rings. The lowest BCUT2D eigenvalue weighted by atomic mass is 10.2. The molecule has 0 bridgehead atoms. The third-order valence-corrected chi connectivity index (χ3v) is 7.08. The van der Waals surface area contributed by atoms with Crippen LogP contribution in [0, 0.1) is 0 Å². The summed E-state index contributed by atoms with van der Waals surface area (Å²) in [5, 5.41) is 0. The molecular weight excluding hydrogens is 380 g/mol. The number of allylic oxidation sites excluding steroid dienone is 4. The highest BCUT2D eigenvalue weighted by Crippen LogP contribution is 2.16. The van der Waals surface area contributed by atoms with Gasteiger partial charge in [0.1, 0.15) is 0 Å². The molecule has 0 aliphatic heterocycles. The summed E-state index contributed by atoms with van der Waals surface area (Å²) in [6.45, 7) is 18.6. The van der Waals surface area contributed by atoms with Crippen LogP contribution in [-0.4, -0.2) is 35.5 Å². The summed E-state index contributed by atoms with van der Waals surface area (Å²) >= 11 is 0. The van der Waals surface area contributed by atoms with Crippen LogP contribution in [0.15, 0.2) is 46.6 Å². The second-order valence-corrected chi connectivity index (χ2v) is 9.51. The van der Waals surface area contributed by atoms with Crippen LogP contribution in [0.1, 0.15) is 81.1 Å². The van der Waals surface area contributed by atoms with E-state index in [-0.39, 0.29) is 0 Å². The Hall–Kier alpha value is -0.983. The molecule has 0 amide bonds. The number of hydrogen-bond donors (Lipinski definition) is 0. The molecule has 0 atom stereocenters. The molecular formula is C24H44O4Si. The van der Waals surface area contributed by atoms with Gasteiger partial charge in [0.05, 0.1) is 26.4 Å². The van der Waals surface area contributed by atoms with Gasteiger partial charge in [0.15, 0.2) is 0 Å². The molecule has 0 fully saturated rings. The summed E-state index contributed by atoms with van der Waals surface area (Å²) in [4.78, 5) is 0. The number of hydrogen-bond acceptors (Lipinski definition) is 4. The van der Waals surface area contributed by atoms with Crippen LogP contribution in [0.3, 0.4) is 0 Å². The van der Waals surface area contributed by atoms with Crippen LogP contribution in [-0.2, 0) is 17.7 Å². The Kier molecular flexibility index (Phi) is 16.2. The monoisotopic (exact) mass is 424 g/mol. The summed E-state index contributed by atoms with van der Waals surface area (Å²) in [6.07, 6.45) is 12.3. The van der Waals surface area contributed by atoms with Crippen molar-refractivity contribution in [3.05, 3.63) is 46.6 Å². The minimum absolute atomic E-state index is 0.426. The van der Waals surface area contributed by atoms with E-state index >= 15 is 0 Å². The van der Waals surface area contributed by atoms with Crippen LogP contribution >= 0.6 is 0 Å². The van der Waals surface area contributed by atoms with Crippen molar-refractivity contribution in [3.8, 4) is 0 Å². The first kappa shape index (κ1) is 28.0. The van der Waals surface area contributed by atoms with Crippen molar-refractivity contribution in [1.82, 2.24) is 0 Å². The van der Waals surface area contributed by atoms with E-state index in [1.54, 1.807) is 0 Å². The van der Waals surface area contributed by atoms with Crippen LogP contribution < -0.4 is 0 Å². The highest BCUT2D eigenvalue weighted by Gasteiger charge is 2.45. The highest BCUT2D eigenvalue weighted by atomic mass is 28.4. The highest BCUT2D eigenvalue weighted by molar-refractivity contribution is 6.53. The zero-order valence-electron chi connectivity index (χ0n) is 20.1. The van der Waals surface area contributed by atoms with Crippen molar-refractivity contribution in [2.75, 3.05) is 26.4 Å². The van der Waals surface area contributed by atoms with Crippen LogP contribution in [0.5, 0.6) is 0 Å². The van der Waals surface area contributed by atoms with Crippen LogP contribution in [0.4, 0.5) is 0 Å². The molecule has 0 aromatic carbocycles. The maximum atomic E-state index is 6.16. The Bertz CT molecular complexity index is 460. The van der Waals surface area contributed by atoms with Crippen molar-refractivity contribution in [2.24, 2.45) is 0 Å². The third kappa shape index (κ3) is 13.8. The summed E-state index contributed by atoms with van der Waals surface area (Å²) < 4.78 is 24.6. The third-order valence-electron chi connectivity index (χ3n) is 5.00. The van der Waals surface area contributed by atoms with Crippen molar-refractivity contribution in [1.29, 1.82) is 0 Å². The molecule has 0 saturated carbocycles. The fourth-order valence-electron chi connectivity index (χ4n) is 1.97. The molecule has 0 aliphatic carbocycles. The van der Waals surface area contributed by atoms with Gasteiger partial charge in [-0.25, -0.2) is 0 Å². The Morgan fingerprint density at radius 2 is 0.690 bits per heavy atom. The van der Waals surface area contributed by atoms with Gasteiger partial charge in [-0.15, -0.1) is 0 Å². The number of rotatable bonds is 16. The summed E-state index contributed by atoms with van der Waals surface area (Å²) in [5.41, 5.74) is 5.10. The fourth-order valence-corrected chi connectivity index (χ4v) is 3.62. The van der Waals surface area contributed by atoms with Crippen LogP contribution in [0.2, 0.25) is 0 Å². The van der Waals surface area contributed by atoms with Gasteiger partial charge in [-0.05, 0) is 53.4 Å². The largest absolute Gasteiger partial charge is 0.680 e. The Balaban J connectivity index is 5.47. The summed E-state index contributed by atoms with van der Waals surface area (Å²) in [7, 11) is -3.29. The predicted octanol–water partition coefficient (Wildman–Crippen LogP) is 6.91. The predicted molar refractivity (Wildman–Crippen MR) is 126 cm³/mol. The van der Waals surface area contributed by atoms with Gasteiger partial charge in [-0.3, -0.25) is 0 Å². The van der Waals surface area contributed by atoms with Crippen molar-refractivity contribution in [3.63, 3.8) is 0 Å². The maximum Gasteiger partial charge on any atom is 0.680 e. The summed E-state index contributed by atoms with van der Waals surface area (Å²) in [5.74, 6) is 0. The van der Waals surface area contributed by atoms with Gasteiger partial charge in [0, 0.05) is 0 Å². The molecule has 0 radical (unpaired) electrons. The second-order valence-electron chi connectivity index (χ2n) is 7.36. The molecule has 0 aromatic heterocycles. The Morgan fingerprint density at radius 1 is 0.483 bits per heavy atom. The van der Waals surface area contributed by atoms with E-state index in [9.17, 15) is 0 Å². The fraction of sp³-hybridized carbons (Fsp3) is 0.667. The molecule has 4 nitrogen and oxygen atoms in total. The van der Waals surface area contributed by atoms with Gasteiger partial charge in [-0.1, -0.05) is 74.3 Å². The minimum Gasteiger partial charge on any atom is -0.347 e. The van der Waals surface area contributed by atoms with Gasteiger partial charge < -0.3 is 17.7 Å². The van der Waals surface area contributed by atoms with E-state index in [2.05, 4.69) is 79.7 Å². The molecule has 0 heterocycles. The zero-order valence-corrected chi connectivity index (χ0v) is 21.1. The second kappa shape index (κ2) is 16.8. The average molecular weight is 425 g/mol. The zero-order chi connectivity index (χ0) is 22.1. The quantitative estimate of drug-likeness (QED) is 0.199. The maximum absolute atomic E-state index is 6.16. The van der Waals surface area contributed by atoms with Crippen LogP contribution in [0.25, 0.3) is 0 Å². The molecule has 0 unspecified atom stereocenters. The molecule has 0 N–H and O–H groups in total. The average Bonchev–Trinajstić information content (AvgIpc) is 2.72. The lowest BCUT2D eigenvalue weighted by Crippen LogP contribution is -2.49. The normalized spacial score (nSPS) is 16.3. The van der Waals surface area contributed by atoms with Crippen molar-refractivity contribution in [2.45, 2.75) is 81.1 Å². The van der Waals surface area contributed by atoms with Gasteiger partial charge in [0.2, 0.25) is 0 Å². The lowest BCUT2D eigenvalue weighted by molar-refractivity contribution is -0.0122. The van der Waals surface area contributed by atoms with E-state index < -0.39 is 9.05 Å². The smallest absolute Gasteiger partial charge is 0.347 e. The van der Waals surface area contributed by atoms with Crippen molar-refractivity contribution >= 4 is 9.05 Å². The lowest BCUT2D eigenvalue weighted by Gasteiger charge is -2.27. The van der Waals surface area contributed by atoms with Gasteiger partial charge in [0.25, 0.3) is 0 Å². The minimum atomic E-state index is -3.29. The van der Waals surface area contributed by atoms with E-state index in [1.807, 2.05) is 0 Å². The molecule has 29 heavy (non-hydrogen) atoms. The van der Waals surface area contributed by atoms with E-state index in [0.29, 0.717) is 26.4 Å². The van der Waals surface area contributed by atoms with E-state index in [1.165, 1.54) is 22.3 Å². The molecule has 5 heteroatoms. The Labute approximate surface area is 181 Å². The van der Waals surface area contributed by atoms with E-state index in [0.717, 1.165) is 25.7 Å². The molecule has 168 valence electrons. The Morgan fingerprint density at radius 3 is 0.862 bits per heavy atom. The standard InChI is InChI=1S/C24H44O4Si/c1-9-21(5)13-17-25-29(26-18-14-22(6)10-2,27-19-15-23(7)11-3)28-20-16-24(8)12-4/h13-16H,9-12,17-20H2,1-8H3. The SMILES string of the molecule is CCC(C)=CCO[Si](OCC=C(C)CC)(OCC=C(C)CC)OCC=C(C)CC.